The van der Waals surface area contributed by atoms with Crippen molar-refractivity contribution in [1.29, 1.82) is 0 Å². The number of amides is 1. The Kier molecular flexibility index (Phi) is 7.91. The smallest absolute Gasteiger partial charge is 0.407 e. The minimum atomic E-state index is -1.13. The van der Waals surface area contributed by atoms with E-state index in [1.165, 1.54) is 4.90 Å². The first-order valence-corrected chi connectivity index (χ1v) is 15.3. The summed E-state index contributed by atoms with van der Waals surface area (Å²) in [7, 11) is -1.13. The number of carbonyl (C=O) groups is 1. The third kappa shape index (κ3) is 6.24. The van der Waals surface area contributed by atoms with Crippen LogP contribution < -0.4 is 4.74 Å². The molecule has 10 heteroatoms. The molecular formula is C20H29ClIN3O4Si. The third-order valence-corrected chi connectivity index (χ3v) is 8.01. The summed E-state index contributed by atoms with van der Waals surface area (Å²) in [6.45, 7) is 9.83. The number of ether oxygens (including phenoxy) is 2. The zero-order valence-corrected chi connectivity index (χ0v) is 21.6. The summed E-state index contributed by atoms with van der Waals surface area (Å²) < 4.78 is 15.1. The van der Waals surface area contributed by atoms with E-state index in [0.29, 0.717) is 37.5 Å². The van der Waals surface area contributed by atoms with E-state index in [-0.39, 0.29) is 0 Å². The van der Waals surface area contributed by atoms with E-state index in [9.17, 15) is 4.79 Å². The van der Waals surface area contributed by atoms with Gasteiger partial charge in [0.2, 0.25) is 0 Å². The maximum absolute atomic E-state index is 11.1. The monoisotopic (exact) mass is 565 g/mol. The fraction of sp³-hybridized carbons (Fsp3) is 0.600. The van der Waals surface area contributed by atoms with Crippen LogP contribution >= 0.6 is 34.2 Å². The fourth-order valence-electron chi connectivity index (χ4n) is 3.43. The number of pyridine rings is 1. The van der Waals surface area contributed by atoms with E-state index in [1.807, 2.05) is 10.8 Å². The molecule has 2 aromatic heterocycles. The number of likely N-dealkylation sites (tertiary alicyclic amines) is 1. The first-order valence-electron chi connectivity index (χ1n) is 10.2. The van der Waals surface area contributed by atoms with Crippen molar-refractivity contribution in [3.63, 3.8) is 0 Å². The van der Waals surface area contributed by atoms with Crippen molar-refractivity contribution >= 4 is 59.4 Å². The molecule has 30 heavy (non-hydrogen) atoms. The number of piperidine rings is 1. The number of halogens is 2. The molecule has 166 valence electrons. The second-order valence-electron chi connectivity index (χ2n) is 8.96. The standard InChI is InChI=1S/C20H29ClIN3O4Si/c1-30(2,3)9-8-28-13-25-11-15(22)18-16(10-17(21)23-19(18)25)29-12-14-4-6-24(7-5-14)20(26)27/h10-11,14H,4-9,12-13H2,1-3H3,(H,26,27). The highest BCUT2D eigenvalue weighted by Crippen LogP contribution is 2.33. The van der Waals surface area contributed by atoms with Crippen LogP contribution in [0.2, 0.25) is 30.8 Å². The van der Waals surface area contributed by atoms with Crippen LogP contribution in [0, 0.1) is 9.49 Å². The SMILES string of the molecule is C[Si](C)(C)CCOCn1cc(I)c2c(OCC3CCN(C(=O)O)CC3)cc(Cl)nc21. The lowest BCUT2D eigenvalue weighted by Crippen LogP contribution is -2.38. The van der Waals surface area contributed by atoms with Gasteiger partial charge < -0.3 is 24.0 Å². The molecule has 0 bridgehead atoms. The average Bonchev–Trinajstić information content (AvgIpc) is 2.98. The molecule has 0 atom stereocenters. The van der Waals surface area contributed by atoms with Crippen LogP contribution in [-0.2, 0) is 11.5 Å². The first kappa shape index (κ1) is 23.6. The molecule has 0 aliphatic carbocycles. The van der Waals surface area contributed by atoms with E-state index in [4.69, 9.17) is 26.2 Å². The summed E-state index contributed by atoms with van der Waals surface area (Å²) in [4.78, 5) is 17.0. The number of fused-ring (bicyclic) bond motifs is 1. The van der Waals surface area contributed by atoms with Crippen LogP contribution in [0.4, 0.5) is 4.79 Å². The van der Waals surface area contributed by atoms with Crippen molar-refractivity contribution in [3.05, 3.63) is 21.0 Å². The Balaban J connectivity index is 1.67. The topological polar surface area (TPSA) is 76.8 Å². The van der Waals surface area contributed by atoms with Crippen molar-refractivity contribution < 1.29 is 19.4 Å². The summed E-state index contributed by atoms with van der Waals surface area (Å²) in [6.07, 6.45) is 2.77. The number of aromatic nitrogens is 2. The average molecular weight is 566 g/mol. The van der Waals surface area contributed by atoms with Gasteiger partial charge >= 0.3 is 6.09 Å². The molecular weight excluding hydrogens is 537 g/mol. The van der Waals surface area contributed by atoms with Crippen molar-refractivity contribution in [2.45, 2.75) is 45.3 Å². The number of carboxylic acid groups (broad SMARTS) is 1. The Morgan fingerprint density at radius 2 is 2.07 bits per heavy atom. The molecule has 0 aromatic carbocycles. The molecule has 1 aliphatic heterocycles. The molecule has 0 radical (unpaired) electrons. The quantitative estimate of drug-likeness (QED) is 0.201. The van der Waals surface area contributed by atoms with Gasteiger partial charge in [0, 0.05) is 43.6 Å². The molecule has 0 spiro atoms. The number of nitrogens with zero attached hydrogens (tertiary/aromatic N) is 3. The van der Waals surface area contributed by atoms with E-state index >= 15 is 0 Å². The van der Waals surface area contributed by atoms with Gasteiger partial charge in [-0.25, -0.2) is 9.78 Å². The van der Waals surface area contributed by atoms with Gasteiger partial charge in [0.15, 0.2) is 0 Å². The lowest BCUT2D eigenvalue weighted by molar-refractivity contribution is 0.0898. The zero-order valence-electron chi connectivity index (χ0n) is 17.7. The number of hydrogen-bond donors (Lipinski definition) is 1. The predicted molar refractivity (Wildman–Crippen MR) is 129 cm³/mol. The summed E-state index contributed by atoms with van der Waals surface area (Å²) in [5.41, 5.74) is 0.760. The maximum atomic E-state index is 11.1. The summed E-state index contributed by atoms with van der Waals surface area (Å²) >= 11 is 8.58. The second-order valence-corrected chi connectivity index (χ2v) is 16.1. The van der Waals surface area contributed by atoms with Crippen LogP contribution in [0.5, 0.6) is 5.75 Å². The van der Waals surface area contributed by atoms with Crippen LogP contribution in [-0.4, -0.2) is 60.0 Å². The molecule has 0 saturated carbocycles. The van der Waals surface area contributed by atoms with Gasteiger partial charge in [-0.15, -0.1) is 0 Å². The van der Waals surface area contributed by atoms with Gasteiger partial charge in [-0.3, -0.25) is 0 Å². The molecule has 0 unspecified atom stereocenters. The zero-order chi connectivity index (χ0) is 21.9. The van der Waals surface area contributed by atoms with Crippen LogP contribution in [0.15, 0.2) is 12.3 Å². The second kappa shape index (κ2) is 10.1. The van der Waals surface area contributed by atoms with Crippen molar-refractivity contribution in [2.75, 3.05) is 26.3 Å². The fourth-order valence-corrected chi connectivity index (χ4v) is 5.21. The Labute approximate surface area is 196 Å². The third-order valence-electron chi connectivity index (χ3n) is 5.30. The van der Waals surface area contributed by atoms with Crippen molar-refractivity contribution in [1.82, 2.24) is 14.5 Å². The van der Waals surface area contributed by atoms with Gasteiger partial charge in [0.25, 0.3) is 0 Å². The van der Waals surface area contributed by atoms with Gasteiger partial charge in [0.1, 0.15) is 23.3 Å². The van der Waals surface area contributed by atoms with Gasteiger partial charge in [-0.2, -0.15) is 0 Å². The van der Waals surface area contributed by atoms with E-state index < -0.39 is 14.2 Å². The number of rotatable bonds is 8. The molecule has 1 fully saturated rings. The largest absolute Gasteiger partial charge is 0.492 e. The summed E-state index contributed by atoms with van der Waals surface area (Å²) in [6, 6.07) is 2.88. The van der Waals surface area contributed by atoms with Crippen molar-refractivity contribution in [2.24, 2.45) is 5.92 Å². The Morgan fingerprint density at radius 3 is 2.70 bits per heavy atom. The van der Waals surface area contributed by atoms with E-state index in [2.05, 4.69) is 47.2 Å². The highest BCUT2D eigenvalue weighted by molar-refractivity contribution is 14.1. The highest BCUT2D eigenvalue weighted by Gasteiger charge is 2.23. The predicted octanol–water partition coefficient (Wildman–Crippen LogP) is 5.38. The molecule has 3 heterocycles. The lowest BCUT2D eigenvalue weighted by atomic mass is 9.98. The minimum Gasteiger partial charge on any atom is -0.492 e. The summed E-state index contributed by atoms with van der Waals surface area (Å²) in [5.74, 6) is 1.04. The van der Waals surface area contributed by atoms with Gasteiger partial charge in [0.05, 0.1) is 12.0 Å². The van der Waals surface area contributed by atoms with Crippen molar-refractivity contribution in [3.8, 4) is 5.75 Å². The van der Waals surface area contributed by atoms with Crippen LogP contribution in [0.25, 0.3) is 11.0 Å². The minimum absolute atomic E-state index is 0.326. The van der Waals surface area contributed by atoms with Crippen LogP contribution in [0.3, 0.4) is 0 Å². The molecule has 1 aliphatic rings. The normalized spacial score (nSPS) is 15.7. The highest BCUT2D eigenvalue weighted by atomic mass is 127. The van der Waals surface area contributed by atoms with Crippen LogP contribution in [0.1, 0.15) is 12.8 Å². The molecule has 1 saturated heterocycles. The molecule has 1 N–H and O–H groups in total. The number of hydrogen-bond acceptors (Lipinski definition) is 4. The maximum Gasteiger partial charge on any atom is 0.407 e. The van der Waals surface area contributed by atoms with Gasteiger partial charge in [-0.05, 0) is 47.4 Å². The van der Waals surface area contributed by atoms with Gasteiger partial charge in [-0.1, -0.05) is 31.2 Å². The lowest BCUT2D eigenvalue weighted by Gasteiger charge is -2.29. The molecule has 2 aromatic rings. The summed E-state index contributed by atoms with van der Waals surface area (Å²) in [5, 5.41) is 10.4. The van der Waals surface area contributed by atoms with E-state index in [1.54, 1.807) is 6.07 Å². The Hall–Kier alpha value is -1.04. The Bertz CT molecular complexity index is 894. The first-order chi connectivity index (χ1) is 14.1. The molecule has 7 nitrogen and oxygen atoms in total. The Morgan fingerprint density at radius 1 is 1.37 bits per heavy atom. The van der Waals surface area contributed by atoms with E-state index in [0.717, 1.165) is 45.8 Å². The molecule has 1 amide bonds. The molecule has 3 rings (SSSR count).